The first kappa shape index (κ1) is 24.6. The zero-order chi connectivity index (χ0) is 25.8. The van der Waals surface area contributed by atoms with Crippen molar-refractivity contribution in [3.63, 3.8) is 0 Å². The van der Waals surface area contributed by atoms with Crippen LogP contribution in [0.1, 0.15) is 29.3 Å². The Hall–Kier alpha value is -4.54. The van der Waals surface area contributed by atoms with Crippen LogP contribution in [0.5, 0.6) is 5.75 Å². The Balaban J connectivity index is 1.62. The number of carbonyl (C=O) groups is 2. The molecule has 0 aliphatic rings. The molecule has 0 fully saturated rings. The van der Waals surface area contributed by atoms with Gasteiger partial charge in [-0.1, -0.05) is 6.92 Å². The van der Waals surface area contributed by atoms with E-state index in [9.17, 15) is 18.4 Å². The fourth-order valence-electron chi connectivity index (χ4n) is 3.79. The standard InChI is InChI=1S/C25H23F2N5O4/c1-3-14-12-15(4-5-16(14)25(35)29-9-8-20(33)34)31-23-24-30-13-18(32(24)11-10-28-23)17-6-7-19(36-2)22(27)21(17)26/h4-7,10-13H,3,8-9H2,1-2H3,(H,28,31)(H,29,35)(H,33,34). The molecule has 9 nitrogen and oxygen atoms in total. The molecule has 0 bridgehead atoms. The molecule has 2 aromatic heterocycles. The third-order valence-corrected chi connectivity index (χ3v) is 5.59. The number of halogens is 2. The second-order valence-electron chi connectivity index (χ2n) is 7.81. The Labute approximate surface area is 204 Å². The van der Waals surface area contributed by atoms with Crippen molar-refractivity contribution in [2.45, 2.75) is 19.8 Å². The number of ether oxygens (including phenoxy) is 1. The molecule has 0 atom stereocenters. The summed E-state index contributed by atoms with van der Waals surface area (Å²) in [5.74, 6) is -3.30. The van der Waals surface area contributed by atoms with E-state index in [0.717, 1.165) is 5.56 Å². The minimum Gasteiger partial charge on any atom is -0.494 e. The number of benzene rings is 2. The number of amides is 1. The third-order valence-electron chi connectivity index (χ3n) is 5.59. The number of methoxy groups -OCH3 is 1. The number of anilines is 2. The molecule has 0 saturated heterocycles. The molecule has 4 rings (SSSR count). The van der Waals surface area contributed by atoms with Crippen LogP contribution in [-0.4, -0.2) is 45.0 Å². The summed E-state index contributed by atoms with van der Waals surface area (Å²) in [5.41, 5.74) is 2.57. The van der Waals surface area contributed by atoms with Gasteiger partial charge in [-0.2, -0.15) is 4.39 Å². The molecule has 0 aliphatic carbocycles. The van der Waals surface area contributed by atoms with Crippen molar-refractivity contribution in [2.75, 3.05) is 19.0 Å². The van der Waals surface area contributed by atoms with Gasteiger partial charge in [-0.25, -0.2) is 14.4 Å². The van der Waals surface area contributed by atoms with E-state index in [0.29, 0.717) is 34.8 Å². The van der Waals surface area contributed by atoms with E-state index in [4.69, 9.17) is 9.84 Å². The highest BCUT2D eigenvalue weighted by molar-refractivity contribution is 5.96. The molecule has 0 aliphatic heterocycles. The van der Waals surface area contributed by atoms with Crippen LogP contribution in [0.2, 0.25) is 0 Å². The number of aryl methyl sites for hydroxylation is 1. The highest BCUT2D eigenvalue weighted by atomic mass is 19.2. The van der Waals surface area contributed by atoms with Gasteiger partial charge >= 0.3 is 5.97 Å². The number of rotatable bonds is 9. The average molecular weight is 495 g/mol. The lowest BCUT2D eigenvalue weighted by Crippen LogP contribution is -2.26. The Morgan fingerprint density at radius 3 is 2.67 bits per heavy atom. The molecule has 1 amide bonds. The molecule has 11 heteroatoms. The van der Waals surface area contributed by atoms with Crippen LogP contribution >= 0.6 is 0 Å². The number of fused-ring (bicyclic) bond motifs is 1. The highest BCUT2D eigenvalue weighted by Gasteiger charge is 2.19. The Morgan fingerprint density at radius 1 is 1.14 bits per heavy atom. The quantitative estimate of drug-likeness (QED) is 0.319. The average Bonchev–Trinajstić information content (AvgIpc) is 3.30. The van der Waals surface area contributed by atoms with E-state index in [1.165, 1.54) is 31.6 Å². The largest absolute Gasteiger partial charge is 0.494 e. The van der Waals surface area contributed by atoms with E-state index in [-0.39, 0.29) is 30.2 Å². The number of hydrogen-bond acceptors (Lipinski definition) is 6. The summed E-state index contributed by atoms with van der Waals surface area (Å²) in [7, 11) is 1.26. The summed E-state index contributed by atoms with van der Waals surface area (Å²) in [5, 5.41) is 14.5. The number of nitrogens with zero attached hydrogens (tertiary/aromatic N) is 3. The number of carboxylic acid groups (broad SMARTS) is 1. The maximum Gasteiger partial charge on any atom is 0.305 e. The van der Waals surface area contributed by atoms with Gasteiger partial charge in [0.25, 0.3) is 5.91 Å². The molecule has 2 aromatic carbocycles. The minimum atomic E-state index is -1.09. The second-order valence-corrected chi connectivity index (χ2v) is 7.81. The molecular weight excluding hydrogens is 472 g/mol. The van der Waals surface area contributed by atoms with E-state index in [1.54, 1.807) is 28.8 Å². The maximum atomic E-state index is 14.7. The normalized spacial score (nSPS) is 10.9. The number of nitrogens with one attached hydrogen (secondary N) is 2. The summed E-state index contributed by atoms with van der Waals surface area (Å²) in [6.07, 6.45) is 4.91. The fourth-order valence-corrected chi connectivity index (χ4v) is 3.79. The number of imidazole rings is 1. The Kier molecular flexibility index (Phi) is 7.09. The van der Waals surface area contributed by atoms with Gasteiger partial charge < -0.3 is 20.5 Å². The smallest absolute Gasteiger partial charge is 0.305 e. The fraction of sp³-hybridized carbons (Fsp3) is 0.200. The number of hydrogen-bond donors (Lipinski definition) is 3. The van der Waals surface area contributed by atoms with Crippen molar-refractivity contribution in [3.8, 4) is 17.0 Å². The van der Waals surface area contributed by atoms with Crippen molar-refractivity contribution in [2.24, 2.45) is 0 Å². The van der Waals surface area contributed by atoms with Gasteiger partial charge in [0.2, 0.25) is 5.82 Å². The summed E-state index contributed by atoms with van der Waals surface area (Å²) < 4.78 is 35.4. The molecule has 0 spiro atoms. The summed E-state index contributed by atoms with van der Waals surface area (Å²) in [4.78, 5) is 31.8. The molecule has 2 heterocycles. The van der Waals surface area contributed by atoms with Gasteiger partial charge in [-0.3, -0.25) is 14.0 Å². The SMILES string of the molecule is CCc1cc(Nc2nccn3c(-c4ccc(OC)c(F)c4F)cnc23)ccc1C(=O)NCCC(=O)O. The van der Waals surface area contributed by atoms with E-state index in [1.807, 2.05) is 6.92 Å². The first-order chi connectivity index (χ1) is 17.3. The van der Waals surface area contributed by atoms with E-state index < -0.39 is 17.6 Å². The van der Waals surface area contributed by atoms with Crippen LogP contribution in [-0.2, 0) is 11.2 Å². The second kappa shape index (κ2) is 10.4. The molecular formula is C25H23F2N5O4. The Morgan fingerprint density at radius 2 is 1.94 bits per heavy atom. The van der Waals surface area contributed by atoms with Crippen LogP contribution in [0.3, 0.4) is 0 Å². The van der Waals surface area contributed by atoms with Gasteiger partial charge in [0.1, 0.15) is 0 Å². The van der Waals surface area contributed by atoms with Gasteiger partial charge in [0.15, 0.2) is 23.0 Å². The van der Waals surface area contributed by atoms with Gasteiger partial charge in [-0.05, 0) is 42.3 Å². The molecule has 0 unspecified atom stereocenters. The molecule has 186 valence electrons. The van der Waals surface area contributed by atoms with Crippen molar-refractivity contribution in [1.29, 1.82) is 0 Å². The number of carbonyl (C=O) groups excluding carboxylic acids is 1. The number of aromatic nitrogens is 3. The molecule has 4 aromatic rings. The zero-order valence-corrected chi connectivity index (χ0v) is 19.5. The maximum absolute atomic E-state index is 14.7. The van der Waals surface area contributed by atoms with Crippen LogP contribution in [0.4, 0.5) is 20.3 Å². The lowest BCUT2D eigenvalue weighted by molar-refractivity contribution is -0.136. The molecule has 36 heavy (non-hydrogen) atoms. The van der Waals surface area contributed by atoms with Crippen molar-refractivity contribution >= 4 is 29.0 Å². The summed E-state index contributed by atoms with van der Waals surface area (Å²) >= 11 is 0. The highest BCUT2D eigenvalue weighted by Crippen LogP contribution is 2.31. The van der Waals surface area contributed by atoms with Crippen molar-refractivity contribution in [1.82, 2.24) is 19.7 Å². The van der Waals surface area contributed by atoms with Crippen molar-refractivity contribution < 1.29 is 28.2 Å². The van der Waals surface area contributed by atoms with E-state index >= 15 is 0 Å². The predicted octanol–water partition coefficient (Wildman–Crippen LogP) is 4.19. The Bertz CT molecular complexity index is 1450. The lowest BCUT2D eigenvalue weighted by atomic mass is 10.0. The summed E-state index contributed by atoms with van der Waals surface area (Å²) in [6, 6.07) is 7.89. The predicted molar refractivity (Wildman–Crippen MR) is 129 cm³/mol. The monoisotopic (exact) mass is 495 g/mol. The molecule has 0 saturated carbocycles. The van der Waals surface area contributed by atoms with Crippen molar-refractivity contribution in [3.05, 3.63) is 71.7 Å². The van der Waals surface area contributed by atoms with Crippen LogP contribution in [0.25, 0.3) is 16.9 Å². The lowest BCUT2D eigenvalue weighted by Gasteiger charge is -2.13. The number of aliphatic carboxylic acids is 1. The third kappa shape index (κ3) is 4.81. The van der Waals surface area contributed by atoms with Gasteiger partial charge in [0.05, 0.1) is 25.4 Å². The first-order valence-corrected chi connectivity index (χ1v) is 11.1. The zero-order valence-electron chi connectivity index (χ0n) is 19.5. The number of carboxylic acids is 1. The minimum absolute atomic E-state index is 0.0180. The molecule has 0 radical (unpaired) electrons. The van der Waals surface area contributed by atoms with E-state index in [2.05, 4.69) is 20.6 Å². The van der Waals surface area contributed by atoms with Crippen LogP contribution in [0.15, 0.2) is 48.9 Å². The molecule has 3 N–H and O–H groups in total. The van der Waals surface area contributed by atoms with Gasteiger partial charge in [-0.15, -0.1) is 0 Å². The van der Waals surface area contributed by atoms with Crippen LogP contribution in [0, 0.1) is 11.6 Å². The van der Waals surface area contributed by atoms with Gasteiger partial charge in [0, 0.05) is 35.8 Å². The topological polar surface area (TPSA) is 118 Å². The summed E-state index contributed by atoms with van der Waals surface area (Å²) in [6.45, 7) is 1.93. The van der Waals surface area contributed by atoms with Crippen LogP contribution < -0.4 is 15.4 Å². The first-order valence-electron chi connectivity index (χ1n) is 11.1.